The molecule has 1 fully saturated rings. The minimum atomic E-state index is -0.0143. The second kappa shape index (κ2) is 5.02. The Morgan fingerprint density at radius 2 is 2.00 bits per heavy atom. The summed E-state index contributed by atoms with van der Waals surface area (Å²) in [6.07, 6.45) is 2.92. The molecule has 1 aromatic carbocycles. The fourth-order valence-electron chi connectivity index (χ4n) is 1.55. The van der Waals surface area contributed by atoms with Crippen molar-refractivity contribution in [3.05, 3.63) is 40.3 Å². The van der Waals surface area contributed by atoms with Crippen molar-refractivity contribution in [3.8, 4) is 0 Å². The fourth-order valence-corrected chi connectivity index (χ4v) is 2.73. The number of carbonyl (C=O) groups excluding carboxylic acids is 1. The maximum Gasteiger partial charge on any atom is 0.265 e. The van der Waals surface area contributed by atoms with Crippen molar-refractivity contribution in [1.82, 2.24) is 4.90 Å². The van der Waals surface area contributed by atoms with E-state index in [0.717, 1.165) is 12.0 Å². The van der Waals surface area contributed by atoms with Crippen molar-refractivity contribution in [2.75, 3.05) is 7.05 Å². The molecule has 0 radical (unpaired) electrons. The molecule has 17 heavy (non-hydrogen) atoms. The molecule has 1 aromatic rings. The van der Waals surface area contributed by atoms with E-state index >= 15 is 0 Å². The van der Waals surface area contributed by atoms with E-state index in [0.29, 0.717) is 9.23 Å². The number of thiocarbonyl (C=S) groups is 1. The molecule has 0 spiro atoms. The van der Waals surface area contributed by atoms with Crippen molar-refractivity contribution in [2.24, 2.45) is 0 Å². The third-order valence-corrected chi connectivity index (χ3v) is 4.16. The summed E-state index contributed by atoms with van der Waals surface area (Å²) in [6.45, 7) is 2.12. The Bertz CT molecular complexity index is 491. The number of benzene rings is 1. The molecular weight excluding hydrogens is 250 g/mol. The van der Waals surface area contributed by atoms with Gasteiger partial charge in [0, 0.05) is 7.05 Å². The van der Waals surface area contributed by atoms with E-state index in [1.807, 2.05) is 18.2 Å². The number of hydrogen-bond acceptors (Lipinski definition) is 3. The summed E-state index contributed by atoms with van der Waals surface area (Å²) < 4.78 is 0.617. The number of rotatable bonds is 2. The van der Waals surface area contributed by atoms with Crippen molar-refractivity contribution >= 4 is 40.3 Å². The highest BCUT2D eigenvalue weighted by Crippen LogP contribution is 2.31. The third-order valence-electron chi connectivity index (χ3n) is 2.67. The van der Waals surface area contributed by atoms with Crippen LogP contribution in [-0.4, -0.2) is 22.2 Å². The van der Waals surface area contributed by atoms with E-state index in [-0.39, 0.29) is 5.91 Å². The smallest absolute Gasteiger partial charge is 0.265 e. The Hall–Kier alpha value is -1.13. The van der Waals surface area contributed by atoms with Crippen LogP contribution in [-0.2, 0) is 11.2 Å². The van der Waals surface area contributed by atoms with Gasteiger partial charge < -0.3 is 0 Å². The molecule has 0 aliphatic carbocycles. The maximum atomic E-state index is 11.8. The number of aryl methyl sites for hydroxylation is 1. The van der Waals surface area contributed by atoms with Crippen LogP contribution in [0.5, 0.6) is 0 Å². The van der Waals surface area contributed by atoms with Crippen molar-refractivity contribution < 1.29 is 4.79 Å². The largest absolute Gasteiger partial charge is 0.296 e. The number of carbonyl (C=O) groups is 1. The first-order valence-electron chi connectivity index (χ1n) is 5.42. The summed E-state index contributed by atoms with van der Waals surface area (Å²) >= 11 is 6.43. The van der Waals surface area contributed by atoms with Crippen LogP contribution in [0.2, 0.25) is 0 Å². The van der Waals surface area contributed by atoms with Crippen molar-refractivity contribution in [2.45, 2.75) is 13.3 Å². The van der Waals surface area contributed by atoms with Gasteiger partial charge in [-0.15, -0.1) is 0 Å². The Morgan fingerprint density at radius 3 is 2.47 bits per heavy atom. The molecule has 0 aromatic heterocycles. The molecule has 2 nitrogen and oxygen atoms in total. The first-order chi connectivity index (χ1) is 8.11. The lowest BCUT2D eigenvalue weighted by molar-refractivity contribution is -0.121. The highest BCUT2D eigenvalue weighted by Gasteiger charge is 2.28. The van der Waals surface area contributed by atoms with Gasteiger partial charge in [-0.2, -0.15) is 0 Å². The van der Waals surface area contributed by atoms with Crippen LogP contribution >= 0.6 is 24.0 Å². The van der Waals surface area contributed by atoms with Gasteiger partial charge in [0.15, 0.2) is 0 Å². The molecule has 1 heterocycles. The Morgan fingerprint density at radius 1 is 1.35 bits per heavy atom. The highest BCUT2D eigenvalue weighted by atomic mass is 32.2. The minimum Gasteiger partial charge on any atom is -0.296 e. The highest BCUT2D eigenvalue weighted by molar-refractivity contribution is 8.26. The van der Waals surface area contributed by atoms with Gasteiger partial charge in [-0.3, -0.25) is 9.69 Å². The van der Waals surface area contributed by atoms with E-state index in [1.165, 1.54) is 22.2 Å². The molecule has 0 atom stereocenters. The molecule has 0 unspecified atom stereocenters. The van der Waals surface area contributed by atoms with E-state index in [4.69, 9.17) is 12.2 Å². The number of likely N-dealkylation sites (N-methyl/N-ethyl adjacent to an activating group) is 1. The molecular formula is C13H13NOS2. The van der Waals surface area contributed by atoms with Crippen LogP contribution in [0.1, 0.15) is 18.1 Å². The zero-order valence-electron chi connectivity index (χ0n) is 9.77. The summed E-state index contributed by atoms with van der Waals surface area (Å²) in [5, 5.41) is 0. The summed E-state index contributed by atoms with van der Waals surface area (Å²) in [5.41, 5.74) is 2.33. The van der Waals surface area contributed by atoms with Crippen molar-refractivity contribution in [3.63, 3.8) is 0 Å². The normalized spacial score (nSPS) is 18.2. The standard InChI is InChI=1S/C13H13NOS2/c1-3-9-4-6-10(7-5-9)8-11-12(15)14(2)13(16)17-11/h4-8H,3H2,1-2H3. The molecule has 1 saturated heterocycles. The lowest BCUT2D eigenvalue weighted by Gasteiger charge is -2.03. The monoisotopic (exact) mass is 263 g/mol. The van der Waals surface area contributed by atoms with Gasteiger partial charge in [-0.1, -0.05) is 55.2 Å². The lowest BCUT2D eigenvalue weighted by Crippen LogP contribution is -2.22. The first-order valence-corrected chi connectivity index (χ1v) is 6.65. The molecule has 0 N–H and O–H groups in total. The summed E-state index contributed by atoms with van der Waals surface area (Å²) in [7, 11) is 1.71. The first kappa shape index (κ1) is 12.3. The average molecular weight is 263 g/mol. The number of thioether (sulfide) groups is 1. The Labute approximate surface area is 111 Å². The quantitative estimate of drug-likeness (QED) is 0.604. The van der Waals surface area contributed by atoms with Gasteiger partial charge in [-0.25, -0.2) is 0 Å². The van der Waals surface area contributed by atoms with Crippen LogP contribution in [0.4, 0.5) is 0 Å². The topological polar surface area (TPSA) is 20.3 Å². The predicted octanol–water partition coefficient (Wildman–Crippen LogP) is 3.08. The Balaban J connectivity index is 2.24. The summed E-state index contributed by atoms with van der Waals surface area (Å²) in [4.78, 5) is 14.0. The van der Waals surface area contributed by atoms with Gasteiger partial charge in [-0.05, 0) is 23.6 Å². The SMILES string of the molecule is CCc1ccc(C=C2SC(=S)N(C)C2=O)cc1. The van der Waals surface area contributed by atoms with Crippen molar-refractivity contribution in [1.29, 1.82) is 0 Å². The van der Waals surface area contributed by atoms with Crippen LogP contribution < -0.4 is 0 Å². The summed E-state index contributed by atoms with van der Waals surface area (Å²) in [5.74, 6) is -0.0143. The molecule has 88 valence electrons. The lowest BCUT2D eigenvalue weighted by atomic mass is 10.1. The zero-order chi connectivity index (χ0) is 12.4. The van der Waals surface area contributed by atoms with Crippen LogP contribution in [0, 0.1) is 0 Å². The second-order valence-electron chi connectivity index (χ2n) is 3.84. The predicted molar refractivity (Wildman–Crippen MR) is 76.8 cm³/mol. The number of hydrogen-bond donors (Lipinski definition) is 0. The zero-order valence-corrected chi connectivity index (χ0v) is 11.4. The number of amides is 1. The van der Waals surface area contributed by atoms with Crippen LogP contribution in [0.25, 0.3) is 6.08 Å². The second-order valence-corrected chi connectivity index (χ2v) is 5.51. The minimum absolute atomic E-state index is 0.0143. The van der Waals surface area contributed by atoms with E-state index in [1.54, 1.807) is 7.05 Å². The van der Waals surface area contributed by atoms with Crippen LogP contribution in [0.3, 0.4) is 0 Å². The van der Waals surface area contributed by atoms with E-state index in [2.05, 4.69) is 19.1 Å². The van der Waals surface area contributed by atoms with Gasteiger partial charge in [0.2, 0.25) is 0 Å². The molecule has 2 rings (SSSR count). The van der Waals surface area contributed by atoms with Gasteiger partial charge in [0.1, 0.15) is 4.32 Å². The third kappa shape index (κ3) is 2.58. The summed E-state index contributed by atoms with van der Waals surface area (Å²) in [6, 6.07) is 8.22. The van der Waals surface area contributed by atoms with Gasteiger partial charge >= 0.3 is 0 Å². The van der Waals surface area contributed by atoms with E-state index < -0.39 is 0 Å². The molecule has 0 bridgehead atoms. The van der Waals surface area contributed by atoms with E-state index in [9.17, 15) is 4.79 Å². The maximum absolute atomic E-state index is 11.8. The molecule has 1 aliphatic rings. The fraction of sp³-hybridized carbons (Fsp3) is 0.231. The number of nitrogens with zero attached hydrogens (tertiary/aromatic N) is 1. The van der Waals surface area contributed by atoms with Gasteiger partial charge in [0.05, 0.1) is 4.91 Å². The molecule has 0 saturated carbocycles. The molecule has 1 amide bonds. The molecule has 4 heteroatoms. The molecule has 1 aliphatic heterocycles. The Kier molecular flexibility index (Phi) is 3.64. The van der Waals surface area contributed by atoms with Gasteiger partial charge in [0.25, 0.3) is 5.91 Å². The average Bonchev–Trinajstić information content (AvgIpc) is 2.58. The van der Waals surface area contributed by atoms with Crippen LogP contribution in [0.15, 0.2) is 29.2 Å².